The van der Waals surface area contributed by atoms with Gasteiger partial charge in [0.1, 0.15) is 0 Å². The van der Waals surface area contributed by atoms with Crippen molar-refractivity contribution in [3.8, 4) is 0 Å². The highest BCUT2D eigenvalue weighted by Gasteiger charge is 2.26. The second-order valence-electron chi connectivity index (χ2n) is 7.05. The van der Waals surface area contributed by atoms with Crippen LogP contribution in [0, 0.1) is 12.8 Å². The summed E-state index contributed by atoms with van der Waals surface area (Å²) in [5, 5.41) is 3.66. The van der Waals surface area contributed by atoms with Crippen LogP contribution in [-0.4, -0.2) is 18.7 Å². The molecule has 2 aliphatic rings. The van der Waals surface area contributed by atoms with Gasteiger partial charge >= 0.3 is 0 Å². The van der Waals surface area contributed by atoms with Gasteiger partial charge in [0.2, 0.25) is 0 Å². The molecule has 3 rings (SSSR count). The number of hydrogen-bond acceptors (Lipinski definition) is 2. The number of nitrogens with one attached hydrogen (secondary N) is 1. The van der Waals surface area contributed by atoms with Crippen molar-refractivity contribution >= 4 is 0 Å². The van der Waals surface area contributed by atoms with Gasteiger partial charge < -0.3 is 10.1 Å². The zero-order valence-electron chi connectivity index (χ0n) is 13.5. The molecule has 0 saturated heterocycles. The summed E-state index contributed by atoms with van der Waals surface area (Å²) in [4.78, 5) is 0. The van der Waals surface area contributed by atoms with Crippen molar-refractivity contribution in [2.75, 3.05) is 6.54 Å². The Bertz CT molecular complexity index is 447. The van der Waals surface area contributed by atoms with Gasteiger partial charge in [-0.25, -0.2) is 0 Å². The zero-order valence-corrected chi connectivity index (χ0v) is 13.5. The van der Waals surface area contributed by atoms with Crippen LogP contribution >= 0.6 is 0 Å². The van der Waals surface area contributed by atoms with E-state index in [-0.39, 0.29) is 6.10 Å². The highest BCUT2D eigenvalue weighted by molar-refractivity contribution is 5.28. The van der Waals surface area contributed by atoms with Crippen LogP contribution in [-0.2, 0) is 4.74 Å². The quantitative estimate of drug-likeness (QED) is 0.838. The van der Waals surface area contributed by atoms with Gasteiger partial charge in [0.15, 0.2) is 0 Å². The Morgan fingerprint density at radius 3 is 2.48 bits per heavy atom. The summed E-state index contributed by atoms with van der Waals surface area (Å²) in [5.41, 5.74) is 2.72. The van der Waals surface area contributed by atoms with Crippen molar-refractivity contribution in [3.05, 3.63) is 35.4 Å². The second kappa shape index (κ2) is 6.93. The van der Waals surface area contributed by atoms with Gasteiger partial charge in [-0.05, 0) is 62.5 Å². The highest BCUT2D eigenvalue weighted by atomic mass is 16.5. The molecule has 2 heteroatoms. The van der Waals surface area contributed by atoms with E-state index in [1.165, 1.54) is 49.7 Å². The number of benzene rings is 1. The van der Waals surface area contributed by atoms with Gasteiger partial charge in [-0.15, -0.1) is 0 Å². The molecule has 0 spiro atoms. The lowest BCUT2D eigenvalue weighted by Crippen LogP contribution is -2.30. The molecule has 0 amide bonds. The van der Waals surface area contributed by atoms with Crippen LogP contribution in [0.2, 0.25) is 0 Å². The molecule has 2 aliphatic carbocycles. The van der Waals surface area contributed by atoms with Gasteiger partial charge in [-0.1, -0.05) is 31.2 Å². The minimum absolute atomic E-state index is 0.213. The summed E-state index contributed by atoms with van der Waals surface area (Å²) in [5.74, 6) is 0.881. The smallest absolute Gasteiger partial charge is 0.0955 e. The number of aryl methyl sites for hydroxylation is 1. The van der Waals surface area contributed by atoms with Gasteiger partial charge in [-0.2, -0.15) is 0 Å². The van der Waals surface area contributed by atoms with Gasteiger partial charge in [0.05, 0.1) is 12.2 Å². The molecule has 116 valence electrons. The van der Waals surface area contributed by atoms with Crippen LogP contribution in [0.1, 0.15) is 62.7 Å². The first-order valence-electron chi connectivity index (χ1n) is 8.66. The maximum atomic E-state index is 6.52. The van der Waals surface area contributed by atoms with Crippen molar-refractivity contribution in [2.24, 2.45) is 5.92 Å². The first-order valence-corrected chi connectivity index (χ1v) is 8.66. The summed E-state index contributed by atoms with van der Waals surface area (Å²) in [6, 6.07) is 9.43. The summed E-state index contributed by atoms with van der Waals surface area (Å²) >= 11 is 0. The predicted octanol–water partition coefficient (Wildman–Crippen LogP) is 4.38. The molecule has 1 N–H and O–H groups in total. The Balaban J connectivity index is 1.64. The van der Waals surface area contributed by atoms with E-state index in [9.17, 15) is 0 Å². The molecule has 0 aliphatic heterocycles. The second-order valence-corrected chi connectivity index (χ2v) is 7.05. The third-order valence-corrected chi connectivity index (χ3v) is 5.02. The van der Waals surface area contributed by atoms with E-state index in [4.69, 9.17) is 4.74 Å². The van der Waals surface area contributed by atoms with Gasteiger partial charge in [0, 0.05) is 12.6 Å². The Kier molecular flexibility index (Phi) is 4.97. The third-order valence-electron chi connectivity index (χ3n) is 5.02. The van der Waals surface area contributed by atoms with Crippen LogP contribution in [0.3, 0.4) is 0 Å². The summed E-state index contributed by atoms with van der Waals surface area (Å²) < 4.78 is 6.52. The standard InChI is InChI=1S/C19H29NO/c1-14-7-11-17(12-8-14)21-19(13-20-16-9-10-16)18-6-4-3-5-15(18)2/h3-6,14,16-17,19-20H,7-13H2,1-2H3. The predicted molar refractivity (Wildman–Crippen MR) is 87.4 cm³/mol. The number of hydrogen-bond donors (Lipinski definition) is 1. The fourth-order valence-electron chi connectivity index (χ4n) is 3.34. The Morgan fingerprint density at radius 1 is 1.10 bits per heavy atom. The van der Waals surface area contributed by atoms with E-state index in [0.717, 1.165) is 18.5 Å². The molecular weight excluding hydrogens is 258 g/mol. The summed E-state index contributed by atoms with van der Waals surface area (Å²) in [6.45, 7) is 5.52. The molecule has 2 nitrogen and oxygen atoms in total. The molecule has 1 atom stereocenters. The van der Waals surface area contributed by atoms with E-state index in [0.29, 0.717) is 6.10 Å². The highest BCUT2D eigenvalue weighted by Crippen LogP contribution is 2.31. The Morgan fingerprint density at radius 2 is 1.81 bits per heavy atom. The van der Waals surface area contributed by atoms with Crippen LogP contribution in [0.15, 0.2) is 24.3 Å². The number of rotatable bonds is 6. The van der Waals surface area contributed by atoms with Gasteiger partial charge in [-0.3, -0.25) is 0 Å². The van der Waals surface area contributed by atoms with Crippen LogP contribution in [0.5, 0.6) is 0 Å². The maximum absolute atomic E-state index is 6.52. The average molecular weight is 287 g/mol. The molecule has 21 heavy (non-hydrogen) atoms. The molecule has 2 saturated carbocycles. The van der Waals surface area contributed by atoms with E-state index in [1.807, 2.05) is 0 Å². The largest absolute Gasteiger partial charge is 0.369 e. The lowest BCUT2D eigenvalue weighted by Gasteiger charge is -2.31. The molecule has 0 heterocycles. The fourth-order valence-corrected chi connectivity index (χ4v) is 3.34. The van der Waals surface area contributed by atoms with E-state index in [1.54, 1.807) is 0 Å². The summed E-state index contributed by atoms with van der Waals surface area (Å²) in [6.07, 6.45) is 8.43. The van der Waals surface area contributed by atoms with Crippen LogP contribution in [0.4, 0.5) is 0 Å². The lowest BCUT2D eigenvalue weighted by molar-refractivity contribution is -0.0366. The molecule has 0 bridgehead atoms. The van der Waals surface area contributed by atoms with Crippen molar-refractivity contribution in [2.45, 2.75) is 70.6 Å². The maximum Gasteiger partial charge on any atom is 0.0955 e. The molecule has 1 unspecified atom stereocenters. The Labute approximate surface area is 129 Å². The van der Waals surface area contributed by atoms with Crippen molar-refractivity contribution in [1.29, 1.82) is 0 Å². The van der Waals surface area contributed by atoms with Crippen LogP contribution < -0.4 is 5.32 Å². The Hall–Kier alpha value is -0.860. The number of ether oxygens (including phenoxy) is 1. The molecule has 1 aromatic rings. The molecule has 1 aromatic carbocycles. The molecular formula is C19H29NO. The van der Waals surface area contributed by atoms with Crippen molar-refractivity contribution in [3.63, 3.8) is 0 Å². The van der Waals surface area contributed by atoms with Crippen LogP contribution in [0.25, 0.3) is 0 Å². The van der Waals surface area contributed by atoms with E-state index >= 15 is 0 Å². The van der Waals surface area contributed by atoms with E-state index < -0.39 is 0 Å². The minimum Gasteiger partial charge on any atom is -0.369 e. The minimum atomic E-state index is 0.213. The van der Waals surface area contributed by atoms with Gasteiger partial charge in [0.25, 0.3) is 0 Å². The topological polar surface area (TPSA) is 21.3 Å². The third kappa shape index (κ3) is 4.31. The zero-order chi connectivity index (χ0) is 14.7. The first-order chi connectivity index (χ1) is 10.2. The van der Waals surface area contributed by atoms with Crippen molar-refractivity contribution < 1.29 is 4.74 Å². The van der Waals surface area contributed by atoms with Crippen molar-refractivity contribution in [1.82, 2.24) is 5.32 Å². The molecule has 0 aromatic heterocycles. The lowest BCUT2D eigenvalue weighted by atomic mass is 9.88. The SMILES string of the molecule is Cc1ccccc1C(CNC1CC1)OC1CCC(C)CC1. The first kappa shape index (κ1) is 15.1. The molecule has 2 fully saturated rings. The normalized spacial score (nSPS) is 27.5. The average Bonchev–Trinajstić information content (AvgIpc) is 3.30. The monoisotopic (exact) mass is 287 g/mol. The van der Waals surface area contributed by atoms with E-state index in [2.05, 4.69) is 43.4 Å². The molecule has 0 radical (unpaired) electrons. The summed E-state index contributed by atoms with van der Waals surface area (Å²) in [7, 11) is 0. The fraction of sp³-hybridized carbons (Fsp3) is 0.684.